The van der Waals surface area contributed by atoms with Gasteiger partial charge in [0.15, 0.2) is 0 Å². The van der Waals surface area contributed by atoms with Gasteiger partial charge in [-0.15, -0.1) is 0 Å². The lowest BCUT2D eigenvalue weighted by Gasteiger charge is -2.27. The number of ether oxygens (including phenoxy) is 1. The van der Waals surface area contributed by atoms with E-state index in [0.29, 0.717) is 12.6 Å². The first kappa shape index (κ1) is 14.4. The summed E-state index contributed by atoms with van der Waals surface area (Å²) in [7, 11) is 0. The van der Waals surface area contributed by atoms with Crippen molar-refractivity contribution in [2.75, 3.05) is 13.2 Å². The second-order valence-electron chi connectivity index (χ2n) is 5.39. The predicted octanol–water partition coefficient (Wildman–Crippen LogP) is 2.79. The summed E-state index contributed by atoms with van der Waals surface area (Å²) in [5.74, 6) is 0.935. The van der Waals surface area contributed by atoms with E-state index in [0.717, 1.165) is 30.5 Å². The molecule has 2 N–H and O–H groups in total. The van der Waals surface area contributed by atoms with Crippen LogP contribution in [0.5, 0.6) is 5.75 Å². The lowest BCUT2D eigenvalue weighted by molar-refractivity contribution is 0.159. The molecule has 0 radical (unpaired) electrons. The van der Waals surface area contributed by atoms with Gasteiger partial charge in [0.05, 0.1) is 0 Å². The van der Waals surface area contributed by atoms with Crippen LogP contribution >= 0.6 is 0 Å². The Bertz CT molecular complexity index is 394. The SMILES string of the molecule is CCC1CCC(C)N1CCOc1ccccc1CN. The van der Waals surface area contributed by atoms with Crippen molar-refractivity contribution in [1.29, 1.82) is 0 Å². The maximum absolute atomic E-state index is 5.91. The standard InChI is InChI=1S/C16H26N2O/c1-3-15-9-8-13(2)18(15)10-11-19-16-7-5-4-6-14(16)12-17/h4-7,13,15H,3,8-12,17H2,1-2H3. The van der Waals surface area contributed by atoms with Gasteiger partial charge < -0.3 is 10.5 Å². The van der Waals surface area contributed by atoms with Crippen LogP contribution in [0.4, 0.5) is 0 Å². The Labute approximate surface area is 116 Å². The first-order chi connectivity index (χ1) is 9.26. The number of nitrogens with two attached hydrogens (primary N) is 1. The highest BCUT2D eigenvalue weighted by Gasteiger charge is 2.28. The summed E-state index contributed by atoms with van der Waals surface area (Å²) >= 11 is 0. The van der Waals surface area contributed by atoms with E-state index in [2.05, 4.69) is 18.7 Å². The minimum Gasteiger partial charge on any atom is -0.492 e. The molecule has 1 heterocycles. The Hall–Kier alpha value is -1.06. The Morgan fingerprint density at radius 2 is 2.11 bits per heavy atom. The molecule has 0 aromatic heterocycles. The number of likely N-dealkylation sites (tertiary alicyclic amines) is 1. The number of hydrogen-bond acceptors (Lipinski definition) is 3. The predicted molar refractivity (Wildman–Crippen MR) is 79.3 cm³/mol. The van der Waals surface area contributed by atoms with E-state index >= 15 is 0 Å². The molecule has 1 fully saturated rings. The molecule has 1 aliphatic heterocycles. The zero-order valence-corrected chi connectivity index (χ0v) is 12.1. The molecular formula is C16H26N2O. The van der Waals surface area contributed by atoms with Crippen molar-refractivity contribution in [2.45, 2.75) is 51.7 Å². The van der Waals surface area contributed by atoms with Crippen LogP contribution in [-0.2, 0) is 6.54 Å². The molecule has 0 saturated carbocycles. The van der Waals surface area contributed by atoms with E-state index in [1.54, 1.807) is 0 Å². The Balaban J connectivity index is 1.86. The van der Waals surface area contributed by atoms with Crippen molar-refractivity contribution in [3.63, 3.8) is 0 Å². The fourth-order valence-electron chi connectivity index (χ4n) is 3.04. The van der Waals surface area contributed by atoms with Crippen molar-refractivity contribution >= 4 is 0 Å². The Morgan fingerprint density at radius 1 is 1.32 bits per heavy atom. The number of hydrogen-bond donors (Lipinski definition) is 1. The highest BCUT2D eigenvalue weighted by Crippen LogP contribution is 2.25. The van der Waals surface area contributed by atoms with Crippen LogP contribution in [0.3, 0.4) is 0 Å². The molecule has 3 heteroatoms. The van der Waals surface area contributed by atoms with Crippen LogP contribution in [0.1, 0.15) is 38.7 Å². The van der Waals surface area contributed by atoms with Gasteiger partial charge in [0.1, 0.15) is 12.4 Å². The quantitative estimate of drug-likeness (QED) is 0.856. The van der Waals surface area contributed by atoms with E-state index in [9.17, 15) is 0 Å². The van der Waals surface area contributed by atoms with Crippen LogP contribution in [0.15, 0.2) is 24.3 Å². The summed E-state index contributed by atoms with van der Waals surface area (Å²) in [5, 5.41) is 0. The minimum absolute atomic E-state index is 0.536. The number of nitrogens with zero attached hydrogens (tertiary/aromatic N) is 1. The number of para-hydroxylation sites is 1. The Kier molecular flexibility index (Phi) is 5.23. The molecule has 2 unspecified atom stereocenters. The van der Waals surface area contributed by atoms with Crippen LogP contribution < -0.4 is 10.5 Å². The lowest BCUT2D eigenvalue weighted by atomic mass is 10.1. The van der Waals surface area contributed by atoms with E-state index in [-0.39, 0.29) is 0 Å². The lowest BCUT2D eigenvalue weighted by Crippen LogP contribution is -2.37. The van der Waals surface area contributed by atoms with Gasteiger partial charge in [-0.1, -0.05) is 25.1 Å². The molecule has 106 valence electrons. The molecule has 2 atom stereocenters. The van der Waals surface area contributed by atoms with Gasteiger partial charge in [-0.05, 0) is 32.3 Å². The Morgan fingerprint density at radius 3 is 2.84 bits per heavy atom. The van der Waals surface area contributed by atoms with Crippen molar-refractivity contribution in [3.8, 4) is 5.75 Å². The molecule has 0 bridgehead atoms. The molecule has 1 aromatic rings. The molecule has 1 aromatic carbocycles. The topological polar surface area (TPSA) is 38.5 Å². The molecule has 1 aliphatic rings. The third-order valence-corrected chi connectivity index (χ3v) is 4.22. The van der Waals surface area contributed by atoms with E-state index in [1.807, 2.05) is 24.3 Å². The van der Waals surface area contributed by atoms with Crippen LogP contribution in [0.2, 0.25) is 0 Å². The molecule has 0 aliphatic carbocycles. The van der Waals surface area contributed by atoms with Crippen molar-refractivity contribution in [1.82, 2.24) is 4.90 Å². The van der Waals surface area contributed by atoms with E-state index in [4.69, 9.17) is 10.5 Å². The van der Waals surface area contributed by atoms with Crippen LogP contribution in [0, 0.1) is 0 Å². The van der Waals surface area contributed by atoms with Gasteiger partial charge in [-0.2, -0.15) is 0 Å². The minimum atomic E-state index is 0.536. The first-order valence-corrected chi connectivity index (χ1v) is 7.42. The molecule has 2 rings (SSSR count). The van der Waals surface area contributed by atoms with Gasteiger partial charge in [0, 0.05) is 30.7 Å². The third-order valence-electron chi connectivity index (χ3n) is 4.22. The molecule has 0 amide bonds. The number of rotatable bonds is 6. The van der Waals surface area contributed by atoms with Gasteiger partial charge in [0.2, 0.25) is 0 Å². The van der Waals surface area contributed by atoms with E-state index in [1.165, 1.54) is 19.3 Å². The molecule has 3 nitrogen and oxygen atoms in total. The summed E-state index contributed by atoms with van der Waals surface area (Å²) in [6.45, 7) is 6.90. The normalized spacial score (nSPS) is 23.7. The van der Waals surface area contributed by atoms with Gasteiger partial charge >= 0.3 is 0 Å². The second-order valence-corrected chi connectivity index (χ2v) is 5.39. The second kappa shape index (κ2) is 6.92. The largest absolute Gasteiger partial charge is 0.492 e. The summed E-state index contributed by atoms with van der Waals surface area (Å²) in [4.78, 5) is 2.59. The molecule has 19 heavy (non-hydrogen) atoms. The fraction of sp³-hybridized carbons (Fsp3) is 0.625. The zero-order chi connectivity index (χ0) is 13.7. The average Bonchev–Trinajstić information content (AvgIpc) is 2.80. The third kappa shape index (κ3) is 3.48. The average molecular weight is 262 g/mol. The van der Waals surface area contributed by atoms with Gasteiger partial charge in [-0.3, -0.25) is 4.90 Å². The summed E-state index contributed by atoms with van der Waals surface area (Å²) in [6.07, 6.45) is 3.89. The smallest absolute Gasteiger partial charge is 0.123 e. The van der Waals surface area contributed by atoms with Crippen LogP contribution in [-0.4, -0.2) is 30.1 Å². The first-order valence-electron chi connectivity index (χ1n) is 7.42. The maximum atomic E-state index is 5.91. The molecule has 0 spiro atoms. The summed E-state index contributed by atoms with van der Waals surface area (Å²) in [6, 6.07) is 9.48. The van der Waals surface area contributed by atoms with Crippen molar-refractivity contribution < 1.29 is 4.74 Å². The van der Waals surface area contributed by atoms with Gasteiger partial charge in [0.25, 0.3) is 0 Å². The highest BCUT2D eigenvalue weighted by molar-refractivity contribution is 5.32. The van der Waals surface area contributed by atoms with E-state index < -0.39 is 0 Å². The van der Waals surface area contributed by atoms with Crippen molar-refractivity contribution in [3.05, 3.63) is 29.8 Å². The summed E-state index contributed by atoms with van der Waals surface area (Å²) in [5.41, 5.74) is 6.81. The molecular weight excluding hydrogens is 236 g/mol. The monoisotopic (exact) mass is 262 g/mol. The van der Waals surface area contributed by atoms with Gasteiger partial charge in [-0.25, -0.2) is 0 Å². The zero-order valence-electron chi connectivity index (χ0n) is 12.1. The van der Waals surface area contributed by atoms with Crippen molar-refractivity contribution in [2.24, 2.45) is 5.73 Å². The molecule has 1 saturated heterocycles. The summed E-state index contributed by atoms with van der Waals surface area (Å²) < 4.78 is 5.91. The highest BCUT2D eigenvalue weighted by atomic mass is 16.5. The fourth-order valence-corrected chi connectivity index (χ4v) is 3.04. The van der Waals surface area contributed by atoms with Crippen LogP contribution in [0.25, 0.3) is 0 Å². The maximum Gasteiger partial charge on any atom is 0.123 e. The number of benzene rings is 1.